The number of nitrogens with one attached hydrogen (secondary N) is 1. The Bertz CT molecular complexity index is 763. The van der Waals surface area contributed by atoms with Crippen LogP contribution >= 0.6 is 0 Å². The molecule has 0 spiro atoms. The topological polar surface area (TPSA) is 72.5 Å². The second kappa shape index (κ2) is 8.24. The van der Waals surface area contributed by atoms with Gasteiger partial charge in [-0.3, -0.25) is 14.4 Å². The molecule has 2 aromatic rings. The molecule has 5 nitrogen and oxygen atoms in total. The maximum Gasteiger partial charge on any atom is 0.265 e. The molecule has 0 aliphatic carbocycles. The van der Waals surface area contributed by atoms with E-state index in [1.54, 1.807) is 55.5 Å². The van der Waals surface area contributed by atoms with E-state index < -0.39 is 6.10 Å². The number of Topliss-reactive ketones (excluding diaryl/α,β-unsaturated/α-hetero) is 2. The second-order valence-corrected chi connectivity index (χ2v) is 5.68. The largest absolute Gasteiger partial charge is 0.481 e. The van der Waals surface area contributed by atoms with Gasteiger partial charge in [-0.15, -0.1) is 0 Å². The smallest absolute Gasteiger partial charge is 0.265 e. The summed E-state index contributed by atoms with van der Waals surface area (Å²) in [6.07, 6.45) is -0.262. The van der Waals surface area contributed by atoms with Crippen LogP contribution in [0.15, 0.2) is 48.5 Å². The first-order chi connectivity index (χ1) is 11.9. The Labute approximate surface area is 147 Å². The predicted octanol–water partition coefficient (Wildman–Crippen LogP) is 3.89. The Kier molecular flexibility index (Phi) is 6.06. The molecule has 0 aliphatic rings. The number of rotatable bonds is 7. The molecule has 0 saturated carbocycles. The summed E-state index contributed by atoms with van der Waals surface area (Å²) >= 11 is 0. The van der Waals surface area contributed by atoms with Crippen LogP contribution in [0.1, 0.15) is 47.9 Å². The molecule has 0 unspecified atom stereocenters. The van der Waals surface area contributed by atoms with Crippen molar-refractivity contribution in [3.63, 3.8) is 0 Å². The third-order valence-electron chi connectivity index (χ3n) is 3.74. The van der Waals surface area contributed by atoms with Crippen LogP contribution in [-0.2, 0) is 4.79 Å². The Morgan fingerprint density at radius 3 is 2.04 bits per heavy atom. The van der Waals surface area contributed by atoms with Crippen molar-refractivity contribution in [3.05, 3.63) is 59.7 Å². The molecule has 0 fully saturated rings. The average molecular weight is 339 g/mol. The highest BCUT2D eigenvalue weighted by Gasteiger charge is 2.15. The third kappa shape index (κ3) is 5.01. The van der Waals surface area contributed by atoms with Crippen molar-refractivity contribution in [2.45, 2.75) is 33.3 Å². The standard InChI is InChI=1S/C20H21NO4/c1-4-19(23)16-7-11-18(12-8-16)25-14(3)20(24)21-17-9-5-15(6-10-17)13(2)22/h5-12,14H,4H2,1-3H3,(H,21,24)/t14-/m1/s1. The molecular weight excluding hydrogens is 318 g/mol. The van der Waals surface area contributed by atoms with E-state index in [9.17, 15) is 14.4 Å². The van der Waals surface area contributed by atoms with E-state index in [2.05, 4.69) is 5.32 Å². The van der Waals surface area contributed by atoms with Gasteiger partial charge in [0.25, 0.3) is 5.91 Å². The molecule has 0 bridgehead atoms. The fourth-order valence-corrected chi connectivity index (χ4v) is 2.21. The molecule has 0 aromatic heterocycles. The zero-order chi connectivity index (χ0) is 18.4. The van der Waals surface area contributed by atoms with E-state index in [4.69, 9.17) is 4.74 Å². The van der Waals surface area contributed by atoms with Crippen molar-refractivity contribution in [3.8, 4) is 5.75 Å². The lowest BCUT2D eigenvalue weighted by Gasteiger charge is -2.15. The molecule has 1 N–H and O–H groups in total. The Balaban J connectivity index is 1.95. The van der Waals surface area contributed by atoms with E-state index in [0.717, 1.165) is 0 Å². The number of carbonyl (C=O) groups is 3. The van der Waals surface area contributed by atoms with Crippen molar-refractivity contribution >= 4 is 23.2 Å². The molecule has 0 heterocycles. The van der Waals surface area contributed by atoms with Gasteiger partial charge in [-0.2, -0.15) is 0 Å². The molecule has 0 saturated heterocycles. The summed E-state index contributed by atoms with van der Waals surface area (Å²) in [7, 11) is 0. The molecule has 2 rings (SSSR count). The number of ketones is 2. The summed E-state index contributed by atoms with van der Waals surface area (Å²) in [4.78, 5) is 35.0. The number of hydrogen-bond acceptors (Lipinski definition) is 4. The van der Waals surface area contributed by atoms with Gasteiger partial charge in [0.05, 0.1) is 0 Å². The van der Waals surface area contributed by atoms with Crippen molar-refractivity contribution in [1.29, 1.82) is 0 Å². The van der Waals surface area contributed by atoms with Gasteiger partial charge in [-0.1, -0.05) is 6.92 Å². The van der Waals surface area contributed by atoms with Crippen LogP contribution in [0, 0.1) is 0 Å². The fraction of sp³-hybridized carbons (Fsp3) is 0.250. The number of ether oxygens (including phenoxy) is 1. The first-order valence-corrected chi connectivity index (χ1v) is 8.12. The van der Waals surface area contributed by atoms with Crippen LogP contribution in [0.25, 0.3) is 0 Å². The minimum atomic E-state index is -0.708. The van der Waals surface area contributed by atoms with E-state index in [1.165, 1.54) is 6.92 Å². The van der Waals surface area contributed by atoms with E-state index >= 15 is 0 Å². The van der Waals surface area contributed by atoms with Crippen LogP contribution in [0.5, 0.6) is 5.75 Å². The lowest BCUT2D eigenvalue weighted by atomic mass is 10.1. The Hall–Kier alpha value is -2.95. The highest BCUT2D eigenvalue weighted by Crippen LogP contribution is 2.16. The molecule has 25 heavy (non-hydrogen) atoms. The number of benzene rings is 2. The van der Waals surface area contributed by atoms with E-state index in [0.29, 0.717) is 29.0 Å². The van der Waals surface area contributed by atoms with Crippen molar-refractivity contribution in [2.75, 3.05) is 5.32 Å². The molecule has 5 heteroatoms. The van der Waals surface area contributed by atoms with Gasteiger partial charge in [0, 0.05) is 23.2 Å². The van der Waals surface area contributed by atoms with Crippen molar-refractivity contribution < 1.29 is 19.1 Å². The monoisotopic (exact) mass is 339 g/mol. The summed E-state index contributed by atoms with van der Waals surface area (Å²) < 4.78 is 5.60. The number of amides is 1. The van der Waals surface area contributed by atoms with Crippen LogP contribution in [0.2, 0.25) is 0 Å². The number of hydrogen-bond donors (Lipinski definition) is 1. The maximum atomic E-state index is 12.2. The first kappa shape index (κ1) is 18.4. The zero-order valence-corrected chi connectivity index (χ0v) is 14.5. The average Bonchev–Trinajstić information content (AvgIpc) is 2.62. The number of anilines is 1. The van der Waals surface area contributed by atoms with Crippen molar-refractivity contribution in [2.24, 2.45) is 0 Å². The lowest BCUT2D eigenvalue weighted by Crippen LogP contribution is -2.30. The highest BCUT2D eigenvalue weighted by molar-refractivity contribution is 5.97. The van der Waals surface area contributed by atoms with Crippen LogP contribution in [-0.4, -0.2) is 23.6 Å². The minimum Gasteiger partial charge on any atom is -0.481 e. The zero-order valence-electron chi connectivity index (χ0n) is 14.5. The van der Waals surface area contributed by atoms with Crippen LogP contribution in [0.3, 0.4) is 0 Å². The summed E-state index contributed by atoms with van der Waals surface area (Å²) in [6.45, 7) is 4.94. The maximum absolute atomic E-state index is 12.2. The van der Waals surface area contributed by atoms with Gasteiger partial charge >= 0.3 is 0 Å². The van der Waals surface area contributed by atoms with Gasteiger partial charge in [-0.05, 0) is 62.4 Å². The SMILES string of the molecule is CCC(=O)c1ccc(O[C@H](C)C(=O)Nc2ccc(C(C)=O)cc2)cc1. The number of carbonyl (C=O) groups excluding carboxylic acids is 3. The third-order valence-corrected chi connectivity index (χ3v) is 3.74. The van der Waals surface area contributed by atoms with Crippen molar-refractivity contribution in [1.82, 2.24) is 0 Å². The van der Waals surface area contributed by atoms with E-state index in [-0.39, 0.29) is 17.5 Å². The van der Waals surface area contributed by atoms with Gasteiger partial charge < -0.3 is 10.1 Å². The second-order valence-electron chi connectivity index (χ2n) is 5.68. The van der Waals surface area contributed by atoms with Crippen LogP contribution < -0.4 is 10.1 Å². The summed E-state index contributed by atoms with van der Waals surface area (Å²) in [5.41, 5.74) is 1.80. The molecule has 1 atom stereocenters. The van der Waals surface area contributed by atoms with E-state index in [1.807, 2.05) is 6.92 Å². The summed E-state index contributed by atoms with van der Waals surface area (Å²) in [5, 5.41) is 2.74. The van der Waals surface area contributed by atoms with Crippen LogP contribution in [0.4, 0.5) is 5.69 Å². The quantitative estimate of drug-likeness (QED) is 0.777. The predicted molar refractivity (Wildman–Crippen MR) is 96.2 cm³/mol. The lowest BCUT2D eigenvalue weighted by molar-refractivity contribution is -0.122. The molecule has 130 valence electrons. The highest BCUT2D eigenvalue weighted by atomic mass is 16.5. The molecule has 1 amide bonds. The molecule has 0 aliphatic heterocycles. The Morgan fingerprint density at radius 2 is 1.52 bits per heavy atom. The minimum absolute atomic E-state index is 0.0282. The molecule has 2 aromatic carbocycles. The summed E-state index contributed by atoms with van der Waals surface area (Å²) in [5.74, 6) is 0.248. The fourth-order valence-electron chi connectivity index (χ4n) is 2.21. The summed E-state index contributed by atoms with van der Waals surface area (Å²) in [6, 6.07) is 13.4. The molecule has 0 radical (unpaired) electrons. The van der Waals surface area contributed by atoms with Gasteiger partial charge in [-0.25, -0.2) is 0 Å². The normalized spacial score (nSPS) is 11.5. The van der Waals surface area contributed by atoms with Gasteiger partial charge in [0.2, 0.25) is 0 Å². The van der Waals surface area contributed by atoms with Gasteiger partial charge in [0.15, 0.2) is 17.7 Å². The first-order valence-electron chi connectivity index (χ1n) is 8.12. The molecular formula is C20H21NO4. The van der Waals surface area contributed by atoms with Gasteiger partial charge in [0.1, 0.15) is 5.75 Å². The Morgan fingerprint density at radius 1 is 0.960 bits per heavy atom.